The number of carbonyl (C=O) groups is 2. The number of ether oxygens (including phenoxy) is 2. The minimum atomic E-state index is -0.733. The van der Waals surface area contributed by atoms with Crippen LogP contribution < -0.4 is 30.7 Å². The van der Waals surface area contributed by atoms with Gasteiger partial charge in [-0.2, -0.15) is 10.5 Å². The molecule has 34 heavy (non-hydrogen) atoms. The van der Waals surface area contributed by atoms with Gasteiger partial charge in [-0.3, -0.25) is 19.0 Å². The van der Waals surface area contributed by atoms with E-state index in [0.717, 1.165) is 11.3 Å². The van der Waals surface area contributed by atoms with Gasteiger partial charge in [0.05, 0.1) is 19.3 Å². The molecule has 0 aliphatic heterocycles. The van der Waals surface area contributed by atoms with E-state index in [2.05, 4.69) is 20.9 Å². The third kappa shape index (κ3) is 7.25. The Labute approximate surface area is 198 Å². The molecule has 3 N–H and O–H groups in total. The molecule has 0 fully saturated rings. The second kappa shape index (κ2) is 13.5. The van der Waals surface area contributed by atoms with Crippen molar-refractivity contribution in [3.8, 4) is 12.1 Å². The minimum Gasteiger partial charge on any atom is -0.382 e. The number of thiazole rings is 1. The number of rotatable bonds is 11. The monoisotopic (exact) mass is 485 g/mol. The molecule has 0 bridgehead atoms. The number of carbonyl (C=O) groups excluding carboxylic acids is 2. The lowest BCUT2D eigenvalue weighted by Gasteiger charge is -2.07. The predicted molar refractivity (Wildman–Crippen MR) is 125 cm³/mol. The molecule has 0 aliphatic carbocycles. The van der Waals surface area contributed by atoms with Crippen LogP contribution >= 0.6 is 11.3 Å². The number of aromatic nitrogens is 2. The number of nitrogens with one attached hydrogen (secondary N) is 3. The highest BCUT2D eigenvalue weighted by Gasteiger charge is 2.15. The van der Waals surface area contributed by atoms with E-state index in [1.807, 2.05) is 0 Å². The van der Waals surface area contributed by atoms with Gasteiger partial charge in [0.1, 0.15) is 40.1 Å². The number of hydrogen-bond acceptors (Lipinski definition) is 10. The summed E-state index contributed by atoms with van der Waals surface area (Å²) in [6, 6.07) is 8.46. The molecule has 2 rings (SSSR count). The maximum absolute atomic E-state index is 12.8. The summed E-state index contributed by atoms with van der Waals surface area (Å²) in [4.78, 5) is 41.1. The third-order valence-corrected chi connectivity index (χ3v) is 5.27. The molecule has 0 unspecified atom stereocenters. The number of methoxy groups -OCH3 is 1. The summed E-state index contributed by atoms with van der Waals surface area (Å²) in [5, 5.41) is 25.9. The highest BCUT2D eigenvalue weighted by Crippen LogP contribution is 2.09. The summed E-state index contributed by atoms with van der Waals surface area (Å²) < 4.78 is 11.7. The molecule has 2 aromatic rings. The number of amides is 2. The molecule has 0 spiro atoms. The van der Waals surface area contributed by atoms with Gasteiger partial charge in [0, 0.05) is 19.9 Å². The maximum Gasteiger partial charge on any atom is 0.270 e. The summed E-state index contributed by atoms with van der Waals surface area (Å²) in [6.45, 7) is 2.21. The molecule has 2 heterocycles. The van der Waals surface area contributed by atoms with Gasteiger partial charge in [-0.1, -0.05) is 6.07 Å². The van der Waals surface area contributed by atoms with Crippen molar-refractivity contribution in [2.24, 2.45) is 0 Å². The second-order valence-electron chi connectivity index (χ2n) is 6.44. The molecule has 0 aliphatic rings. The molecular weight excluding hydrogens is 462 g/mol. The van der Waals surface area contributed by atoms with Crippen LogP contribution in [-0.4, -0.2) is 54.8 Å². The molecule has 0 saturated heterocycles. The molecule has 0 radical (unpaired) electrons. The summed E-state index contributed by atoms with van der Waals surface area (Å²) in [7, 11) is 1.53. The zero-order valence-corrected chi connectivity index (χ0v) is 19.4. The average Bonchev–Trinajstić information content (AvgIpc) is 3.14. The van der Waals surface area contributed by atoms with Crippen LogP contribution in [0.25, 0.3) is 11.8 Å². The van der Waals surface area contributed by atoms with Crippen molar-refractivity contribution in [1.82, 2.24) is 14.9 Å². The Bertz CT molecular complexity index is 1290. The van der Waals surface area contributed by atoms with Gasteiger partial charge in [-0.05, 0) is 19.1 Å². The lowest BCUT2D eigenvalue weighted by molar-refractivity contribution is -0.121. The Morgan fingerprint density at radius 1 is 1.26 bits per heavy atom. The van der Waals surface area contributed by atoms with Crippen molar-refractivity contribution in [1.29, 1.82) is 10.5 Å². The van der Waals surface area contributed by atoms with E-state index in [0.29, 0.717) is 12.4 Å². The smallest absolute Gasteiger partial charge is 0.270 e. The highest BCUT2D eigenvalue weighted by atomic mass is 32.1. The SMILES string of the molecule is CCn1c(=C(C#N)C(=O)NCC#N)sc(=CNc2cccc(NC(=O)COCCOC)n2)c1=O. The zero-order valence-electron chi connectivity index (χ0n) is 18.6. The summed E-state index contributed by atoms with van der Waals surface area (Å²) in [6.07, 6.45) is 1.41. The molecule has 0 aromatic carbocycles. The molecule has 178 valence electrons. The van der Waals surface area contributed by atoms with Gasteiger partial charge in [0.2, 0.25) is 0 Å². The quantitative estimate of drug-likeness (QED) is 0.269. The number of pyridine rings is 1. The third-order valence-electron chi connectivity index (χ3n) is 4.14. The Morgan fingerprint density at radius 2 is 2.03 bits per heavy atom. The number of nitrogens with zero attached hydrogens (tertiary/aromatic N) is 4. The molecule has 2 aromatic heterocycles. The maximum atomic E-state index is 12.8. The van der Waals surface area contributed by atoms with E-state index in [-0.39, 0.29) is 52.8 Å². The van der Waals surface area contributed by atoms with Crippen LogP contribution in [0.1, 0.15) is 6.92 Å². The first-order chi connectivity index (χ1) is 16.4. The van der Waals surface area contributed by atoms with Gasteiger partial charge in [0.25, 0.3) is 17.4 Å². The van der Waals surface area contributed by atoms with Crippen LogP contribution in [-0.2, 0) is 25.6 Å². The van der Waals surface area contributed by atoms with E-state index < -0.39 is 11.5 Å². The molecule has 0 atom stereocenters. The van der Waals surface area contributed by atoms with Gasteiger partial charge < -0.3 is 25.4 Å². The Balaban J connectivity index is 2.26. The van der Waals surface area contributed by atoms with Gasteiger partial charge >= 0.3 is 0 Å². The fourth-order valence-corrected chi connectivity index (χ4v) is 3.69. The van der Waals surface area contributed by atoms with Gasteiger partial charge in [-0.15, -0.1) is 11.3 Å². The first-order valence-corrected chi connectivity index (χ1v) is 10.9. The topological polar surface area (TPSA) is 171 Å². The minimum absolute atomic E-state index is 0.150. The van der Waals surface area contributed by atoms with E-state index in [1.165, 1.54) is 17.9 Å². The average molecular weight is 486 g/mol. The second-order valence-corrected chi connectivity index (χ2v) is 7.47. The van der Waals surface area contributed by atoms with Crippen molar-refractivity contribution < 1.29 is 19.1 Å². The molecule has 12 nitrogen and oxygen atoms in total. The van der Waals surface area contributed by atoms with E-state index in [4.69, 9.17) is 14.7 Å². The fraction of sp³-hybridized carbons (Fsp3) is 0.333. The van der Waals surface area contributed by atoms with E-state index >= 15 is 0 Å². The van der Waals surface area contributed by atoms with Crippen molar-refractivity contribution in [2.45, 2.75) is 13.5 Å². The van der Waals surface area contributed by atoms with E-state index in [1.54, 1.807) is 37.3 Å². The lowest BCUT2D eigenvalue weighted by atomic mass is 10.3. The van der Waals surface area contributed by atoms with Crippen molar-refractivity contribution in [2.75, 3.05) is 44.1 Å². The van der Waals surface area contributed by atoms with Crippen LogP contribution in [0.5, 0.6) is 0 Å². The standard InChI is InChI=1S/C21H23N7O5S/c1-3-28-20(31)15(34-21(28)14(11-23)19(30)24-8-7-22)12-25-16-5-4-6-17(26-16)27-18(29)13-33-10-9-32-2/h4-6,12H,3,8-10,13H2,1-2H3,(H,24,30)(H2,25,26,27,29). The summed E-state index contributed by atoms with van der Waals surface area (Å²) in [5.41, 5.74) is -0.650. The Kier molecular flexibility index (Phi) is 10.4. The van der Waals surface area contributed by atoms with E-state index in [9.17, 15) is 19.6 Å². The van der Waals surface area contributed by atoms with Gasteiger partial charge in [-0.25, -0.2) is 4.98 Å². The number of nitriles is 2. The highest BCUT2D eigenvalue weighted by molar-refractivity contribution is 7.07. The normalized spacial score (nSPS) is 11.8. The zero-order chi connectivity index (χ0) is 24.9. The first-order valence-electron chi connectivity index (χ1n) is 10.0. The van der Waals surface area contributed by atoms with Crippen LogP contribution in [0, 0.1) is 22.7 Å². The van der Waals surface area contributed by atoms with Crippen molar-refractivity contribution in [3.63, 3.8) is 0 Å². The van der Waals surface area contributed by atoms with Crippen LogP contribution in [0.3, 0.4) is 0 Å². The molecular formula is C21H23N7O5S. The number of hydrogen-bond donors (Lipinski definition) is 3. The lowest BCUT2D eigenvalue weighted by Crippen LogP contribution is -2.34. The largest absolute Gasteiger partial charge is 0.382 e. The van der Waals surface area contributed by atoms with Crippen molar-refractivity contribution in [3.05, 3.63) is 37.7 Å². The predicted octanol–water partition coefficient (Wildman–Crippen LogP) is -0.910. The first kappa shape index (κ1) is 26.2. The van der Waals surface area contributed by atoms with Crippen molar-refractivity contribution >= 4 is 46.6 Å². The Morgan fingerprint density at radius 3 is 2.71 bits per heavy atom. The molecule has 2 amide bonds. The van der Waals surface area contributed by atoms with Crippen LogP contribution in [0.15, 0.2) is 23.0 Å². The van der Waals surface area contributed by atoms with Crippen LogP contribution in [0.2, 0.25) is 0 Å². The fourth-order valence-electron chi connectivity index (χ4n) is 2.61. The number of anilines is 2. The summed E-state index contributed by atoms with van der Waals surface area (Å²) in [5.74, 6) is -0.478. The summed E-state index contributed by atoms with van der Waals surface area (Å²) >= 11 is 0.957. The Hall–Kier alpha value is -4.04. The van der Waals surface area contributed by atoms with Gasteiger partial charge in [0.15, 0.2) is 5.57 Å². The molecule has 13 heteroatoms. The molecule has 0 saturated carbocycles. The van der Waals surface area contributed by atoms with Crippen LogP contribution in [0.4, 0.5) is 11.6 Å².